The van der Waals surface area contributed by atoms with Crippen molar-refractivity contribution in [1.82, 2.24) is 41.7 Å². The molecule has 4 aromatic rings. The van der Waals surface area contributed by atoms with Gasteiger partial charge in [-0.3, -0.25) is 38.4 Å². The first-order valence-electron chi connectivity index (χ1n) is 27.8. The van der Waals surface area contributed by atoms with Crippen molar-refractivity contribution in [1.29, 1.82) is 0 Å². The van der Waals surface area contributed by atoms with Gasteiger partial charge in [0.05, 0.1) is 37.0 Å². The molecule has 18 nitrogen and oxygen atoms in total. The molecule has 0 bridgehead atoms. The molecular weight excluding hydrogens is 989 g/mol. The maximum atomic E-state index is 14.3. The van der Waals surface area contributed by atoms with E-state index in [1.807, 2.05) is 72.8 Å². The second kappa shape index (κ2) is 26.7. The number of rotatable bonds is 21. The van der Waals surface area contributed by atoms with Crippen molar-refractivity contribution in [2.75, 3.05) is 37.8 Å². The number of aryl methyl sites for hydroxylation is 4. The van der Waals surface area contributed by atoms with Crippen LogP contribution in [0.4, 0.5) is 11.4 Å². The third-order valence-corrected chi connectivity index (χ3v) is 15.8. The van der Waals surface area contributed by atoms with E-state index in [2.05, 4.69) is 54.7 Å². The Balaban J connectivity index is 0.865. The minimum absolute atomic E-state index is 0.159. The third kappa shape index (κ3) is 14.4. The molecule has 0 saturated carbocycles. The Bertz CT molecular complexity index is 2650. The van der Waals surface area contributed by atoms with Gasteiger partial charge >= 0.3 is 0 Å². The van der Waals surface area contributed by atoms with Crippen molar-refractivity contribution in [2.24, 2.45) is 0 Å². The second-order valence-corrected chi connectivity index (χ2v) is 21.2. The quantitative estimate of drug-likeness (QED) is 0.0573. The highest BCUT2D eigenvalue weighted by atomic mass is 16.2. The fourth-order valence-corrected chi connectivity index (χ4v) is 11.3. The van der Waals surface area contributed by atoms with Gasteiger partial charge in [0.1, 0.15) is 24.2 Å². The van der Waals surface area contributed by atoms with Gasteiger partial charge in [-0.05, 0) is 163 Å². The molecule has 0 spiro atoms. The zero-order valence-electron chi connectivity index (χ0n) is 45.3. The molecule has 0 aromatic heterocycles. The van der Waals surface area contributed by atoms with Gasteiger partial charge in [0.15, 0.2) is 0 Å². The van der Waals surface area contributed by atoms with Gasteiger partial charge < -0.3 is 52.3 Å². The lowest BCUT2D eigenvalue weighted by Crippen LogP contribution is -2.56. The SMILES string of the molecule is CN[C@@H](C)C(=O)N[C@@H](CC(=O)Nc1cccc(CCc2cccc(NC(=O)C[C@H](NC(=O)[C@H](C)NC)C(=O)N3CCC[C@H]3C(=O)N[C@H]3CCCc4ccccc43)c2)c1)C(=O)N1CCC[C@H]1C(=O)N[C@H]1CCCc2ccccc21. The molecule has 2 saturated heterocycles. The highest BCUT2D eigenvalue weighted by Crippen LogP contribution is 2.32. The molecule has 18 heteroatoms. The number of hydrogen-bond donors (Lipinski definition) is 8. The molecule has 2 heterocycles. The smallest absolute Gasteiger partial charge is 0.246 e. The van der Waals surface area contributed by atoms with E-state index in [1.54, 1.807) is 40.1 Å². The summed E-state index contributed by atoms with van der Waals surface area (Å²) in [5, 5.41) is 23.5. The molecule has 8 N–H and O–H groups in total. The van der Waals surface area contributed by atoms with Gasteiger partial charge in [-0.15, -0.1) is 0 Å². The van der Waals surface area contributed by atoms with E-state index in [-0.39, 0.29) is 36.7 Å². The van der Waals surface area contributed by atoms with Crippen LogP contribution in [0.5, 0.6) is 0 Å². The van der Waals surface area contributed by atoms with Crippen LogP contribution in [-0.2, 0) is 64.0 Å². The Morgan fingerprint density at radius 2 is 0.923 bits per heavy atom. The van der Waals surface area contributed by atoms with Gasteiger partial charge in [0.2, 0.25) is 47.3 Å². The molecule has 2 aliphatic carbocycles. The van der Waals surface area contributed by atoms with E-state index >= 15 is 0 Å². The van der Waals surface area contributed by atoms with Crippen molar-refractivity contribution in [3.63, 3.8) is 0 Å². The van der Waals surface area contributed by atoms with Gasteiger partial charge in [-0.25, -0.2) is 0 Å². The van der Waals surface area contributed by atoms with Crippen LogP contribution in [-0.4, -0.2) is 120 Å². The van der Waals surface area contributed by atoms with Crippen LogP contribution < -0.4 is 42.5 Å². The van der Waals surface area contributed by atoms with Crippen LogP contribution in [0.15, 0.2) is 97.1 Å². The molecule has 78 heavy (non-hydrogen) atoms. The lowest BCUT2D eigenvalue weighted by Gasteiger charge is -2.31. The fraction of sp³-hybridized carbons (Fsp3) is 0.467. The van der Waals surface area contributed by atoms with Crippen molar-refractivity contribution in [3.05, 3.63) is 130 Å². The summed E-state index contributed by atoms with van der Waals surface area (Å²) in [6.45, 7) is 3.96. The number of carbonyl (C=O) groups excluding carboxylic acids is 8. The van der Waals surface area contributed by atoms with E-state index in [1.165, 1.54) is 20.9 Å². The van der Waals surface area contributed by atoms with E-state index < -0.39 is 71.7 Å². The van der Waals surface area contributed by atoms with Crippen molar-refractivity contribution in [3.8, 4) is 0 Å². The minimum Gasteiger partial charge on any atom is -0.347 e. The van der Waals surface area contributed by atoms with Gasteiger partial charge in [0.25, 0.3) is 0 Å². The zero-order chi connectivity index (χ0) is 55.3. The molecular formula is C60H76N10O8. The number of nitrogens with zero attached hydrogens (tertiary/aromatic N) is 2. The molecule has 0 radical (unpaired) electrons. The predicted octanol–water partition coefficient (Wildman–Crippen LogP) is 4.68. The number of hydrogen-bond acceptors (Lipinski definition) is 10. The number of anilines is 2. The molecule has 4 aromatic carbocycles. The van der Waals surface area contributed by atoms with Crippen LogP contribution in [0.2, 0.25) is 0 Å². The zero-order valence-corrected chi connectivity index (χ0v) is 45.3. The number of amides is 8. The molecule has 8 amide bonds. The summed E-state index contributed by atoms with van der Waals surface area (Å²) in [5.41, 5.74) is 7.41. The molecule has 8 atom stereocenters. The van der Waals surface area contributed by atoms with Crippen LogP contribution >= 0.6 is 0 Å². The number of likely N-dealkylation sites (N-methyl/N-ethyl adjacent to an activating group) is 2. The first-order valence-corrected chi connectivity index (χ1v) is 27.8. The summed E-state index contributed by atoms with van der Waals surface area (Å²) in [6, 6.07) is 25.3. The van der Waals surface area contributed by atoms with E-state index in [0.717, 1.165) is 60.8 Å². The number of carbonyl (C=O) groups is 8. The Hall–Kier alpha value is -7.44. The standard InChI is InChI=1S/C60H76N10O8/c1-37(61-3)55(73)67-49(59(77)69-31-13-27-51(69)57(75)65-47-25-11-19-41-17-5-7-23-45(41)47)35-53(71)63-43-21-9-15-39(33-43)29-30-40-16-10-22-44(34-40)64-54(72)36-50(68-56(74)38(2)62-4)60(78)70-32-14-28-52(70)58(76)66-48-26-12-20-42-18-6-8-24-46(42)48/h5-10,15-18,21-24,33-34,37-38,47-52,61-62H,11-14,19-20,25-32,35-36H2,1-4H3,(H,63,71)(H,64,72)(H,65,75)(H,66,76)(H,67,73)(H,68,74)/t37-,38-,47-,48-,49-,50-,51-,52-/m0/s1. The van der Waals surface area contributed by atoms with Gasteiger partial charge in [-0.1, -0.05) is 72.8 Å². The molecule has 2 aliphatic heterocycles. The highest BCUT2D eigenvalue weighted by molar-refractivity contribution is 6.00. The maximum Gasteiger partial charge on any atom is 0.246 e. The highest BCUT2D eigenvalue weighted by Gasteiger charge is 2.41. The Labute approximate surface area is 457 Å². The van der Waals surface area contributed by atoms with E-state index in [9.17, 15) is 38.4 Å². The number of nitrogens with one attached hydrogen (secondary N) is 8. The first-order chi connectivity index (χ1) is 37.7. The Morgan fingerprint density at radius 1 is 0.513 bits per heavy atom. The second-order valence-electron chi connectivity index (χ2n) is 21.2. The Kier molecular flexibility index (Phi) is 19.5. The number of fused-ring (bicyclic) bond motifs is 2. The average Bonchev–Trinajstić information content (AvgIpc) is 4.16. The van der Waals surface area contributed by atoms with E-state index in [0.29, 0.717) is 63.0 Å². The van der Waals surface area contributed by atoms with Gasteiger partial charge in [-0.2, -0.15) is 0 Å². The van der Waals surface area contributed by atoms with E-state index in [4.69, 9.17) is 0 Å². The topological polar surface area (TPSA) is 239 Å². The monoisotopic (exact) mass is 1060 g/mol. The summed E-state index contributed by atoms with van der Waals surface area (Å²) >= 11 is 0. The Morgan fingerprint density at radius 3 is 1.33 bits per heavy atom. The van der Waals surface area contributed by atoms with Crippen LogP contribution in [0.25, 0.3) is 0 Å². The van der Waals surface area contributed by atoms with Crippen molar-refractivity contribution in [2.45, 2.75) is 152 Å². The molecule has 2 fully saturated rings. The van der Waals surface area contributed by atoms with Crippen LogP contribution in [0.3, 0.4) is 0 Å². The molecule has 414 valence electrons. The minimum atomic E-state index is -1.22. The molecule has 0 unspecified atom stereocenters. The largest absolute Gasteiger partial charge is 0.347 e. The van der Waals surface area contributed by atoms with Gasteiger partial charge in [0, 0.05) is 24.5 Å². The van der Waals surface area contributed by atoms with Crippen LogP contribution in [0, 0.1) is 0 Å². The number of likely N-dealkylation sites (tertiary alicyclic amines) is 2. The predicted molar refractivity (Wildman–Crippen MR) is 298 cm³/mol. The maximum absolute atomic E-state index is 14.3. The van der Waals surface area contributed by atoms with Crippen molar-refractivity contribution < 1.29 is 38.4 Å². The lowest BCUT2D eigenvalue weighted by atomic mass is 9.87. The average molecular weight is 1070 g/mol. The summed E-state index contributed by atoms with van der Waals surface area (Å²) in [7, 11) is 3.26. The summed E-state index contributed by atoms with van der Waals surface area (Å²) in [4.78, 5) is 113. The fourth-order valence-electron chi connectivity index (χ4n) is 11.3. The third-order valence-electron chi connectivity index (χ3n) is 15.8. The lowest BCUT2D eigenvalue weighted by molar-refractivity contribution is -0.142. The number of benzene rings is 4. The summed E-state index contributed by atoms with van der Waals surface area (Å²) in [5.74, 6) is -3.36. The summed E-state index contributed by atoms with van der Waals surface area (Å²) in [6.07, 6.45) is 7.96. The first kappa shape index (κ1) is 56.8. The normalized spacial score (nSPS) is 20.2. The summed E-state index contributed by atoms with van der Waals surface area (Å²) < 4.78 is 0. The van der Waals surface area contributed by atoms with Crippen LogP contribution in [0.1, 0.15) is 124 Å². The molecule has 4 aliphatic rings. The van der Waals surface area contributed by atoms with Crippen molar-refractivity contribution >= 4 is 58.6 Å². The molecule has 8 rings (SSSR count).